The number of carbonyl (C=O) groups excluding carboxylic acids is 1. The van der Waals surface area contributed by atoms with Gasteiger partial charge in [-0.1, -0.05) is 30.3 Å². The summed E-state index contributed by atoms with van der Waals surface area (Å²) in [4.78, 5) is 13.5. The van der Waals surface area contributed by atoms with Gasteiger partial charge in [-0.15, -0.1) is 11.3 Å². The van der Waals surface area contributed by atoms with Crippen LogP contribution in [-0.4, -0.2) is 13.0 Å². The highest BCUT2D eigenvalue weighted by atomic mass is 32.1. The number of anilines is 1. The fraction of sp³-hybridized carbons (Fsp3) is 0.0556. The summed E-state index contributed by atoms with van der Waals surface area (Å²) < 4.78 is 5.24. The first-order valence-corrected chi connectivity index (χ1v) is 7.74. The molecule has 1 amide bonds. The Hall–Kier alpha value is -2.59. The lowest BCUT2D eigenvalue weighted by molar-refractivity contribution is 0.102. The van der Waals surface area contributed by atoms with Crippen LogP contribution in [0.5, 0.6) is 5.75 Å². The lowest BCUT2D eigenvalue weighted by Gasteiger charge is -2.10. The van der Waals surface area contributed by atoms with Gasteiger partial charge in [0, 0.05) is 10.4 Å². The lowest BCUT2D eigenvalue weighted by Crippen LogP contribution is -2.12. The fourth-order valence-corrected chi connectivity index (χ4v) is 2.90. The highest BCUT2D eigenvalue weighted by Crippen LogP contribution is 2.26. The van der Waals surface area contributed by atoms with Gasteiger partial charge >= 0.3 is 0 Å². The molecule has 0 bridgehead atoms. The Morgan fingerprint density at radius 2 is 1.77 bits per heavy atom. The number of rotatable bonds is 4. The standard InChI is InChI=1S/C18H15NO2S/c1-21-16-6-3-2-5-15(16)19-18(20)14-10-8-13(9-11-14)17-7-4-12-22-17/h2-12H,1H3,(H,19,20). The first kappa shape index (κ1) is 14.4. The Bertz CT molecular complexity index is 764. The third-order valence-electron chi connectivity index (χ3n) is 3.31. The van der Waals surface area contributed by atoms with Crippen molar-refractivity contribution in [1.82, 2.24) is 0 Å². The van der Waals surface area contributed by atoms with Crippen molar-refractivity contribution in [2.45, 2.75) is 0 Å². The molecule has 0 fully saturated rings. The Morgan fingerprint density at radius 1 is 1.00 bits per heavy atom. The average Bonchev–Trinajstić information content (AvgIpc) is 3.10. The molecule has 22 heavy (non-hydrogen) atoms. The van der Waals surface area contributed by atoms with E-state index in [1.54, 1.807) is 18.4 Å². The normalized spacial score (nSPS) is 10.2. The van der Waals surface area contributed by atoms with Gasteiger partial charge in [0.05, 0.1) is 12.8 Å². The number of benzene rings is 2. The van der Waals surface area contributed by atoms with Crippen LogP contribution in [0.15, 0.2) is 66.0 Å². The number of hydrogen-bond acceptors (Lipinski definition) is 3. The maximum atomic E-state index is 12.3. The van der Waals surface area contributed by atoms with E-state index in [0.29, 0.717) is 17.0 Å². The second-order valence-corrected chi connectivity index (χ2v) is 5.66. The van der Waals surface area contributed by atoms with E-state index in [-0.39, 0.29) is 5.91 Å². The summed E-state index contributed by atoms with van der Waals surface area (Å²) in [5.74, 6) is 0.494. The summed E-state index contributed by atoms with van der Waals surface area (Å²) in [6.07, 6.45) is 0. The van der Waals surface area contributed by atoms with Crippen molar-refractivity contribution in [2.24, 2.45) is 0 Å². The number of carbonyl (C=O) groups is 1. The maximum absolute atomic E-state index is 12.3. The molecule has 0 aliphatic heterocycles. The van der Waals surface area contributed by atoms with E-state index < -0.39 is 0 Å². The van der Waals surface area contributed by atoms with Crippen molar-refractivity contribution in [2.75, 3.05) is 12.4 Å². The van der Waals surface area contributed by atoms with Crippen LogP contribution in [0.3, 0.4) is 0 Å². The smallest absolute Gasteiger partial charge is 0.255 e. The summed E-state index contributed by atoms with van der Waals surface area (Å²) in [5, 5.41) is 4.91. The minimum Gasteiger partial charge on any atom is -0.495 e. The number of thiophene rings is 1. The number of ether oxygens (including phenoxy) is 1. The molecule has 0 aliphatic carbocycles. The van der Waals surface area contributed by atoms with Crippen LogP contribution in [0.2, 0.25) is 0 Å². The van der Waals surface area contributed by atoms with Crippen molar-refractivity contribution in [3.63, 3.8) is 0 Å². The average molecular weight is 309 g/mol. The van der Waals surface area contributed by atoms with Crippen molar-refractivity contribution in [3.05, 3.63) is 71.6 Å². The number of para-hydroxylation sites is 2. The van der Waals surface area contributed by atoms with Crippen LogP contribution in [-0.2, 0) is 0 Å². The molecular weight excluding hydrogens is 294 g/mol. The quantitative estimate of drug-likeness (QED) is 0.760. The number of hydrogen-bond donors (Lipinski definition) is 1. The molecular formula is C18H15NO2S. The van der Waals surface area contributed by atoms with E-state index in [1.165, 1.54) is 4.88 Å². The van der Waals surface area contributed by atoms with Crippen molar-refractivity contribution in [3.8, 4) is 16.2 Å². The molecule has 110 valence electrons. The minimum atomic E-state index is -0.151. The molecule has 3 aromatic rings. The van der Waals surface area contributed by atoms with Gasteiger partial charge < -0.3 is 10.1 Å². The lowest BCUT2D eigenvalue weighted by atomic mass is 10.1. The van der Waals surface area contributed by atoms with Crippen molar-refractivity contribution < 1.29 is 9.53 Å². The molecule has 0 saturated heterocycles. The van der Waals surface area contributed by atoms with Crippen LogP contribution in [0.1, 0.15) is 10.4 Å². The first-order chi connectivity index (χ1) is 10.8. The summed E-state index contributed by atoms with van der Waals surface area (Å²) >= 11 is 1.68. The van der Waals surface area contributed by atoms with Crippen LogP contribution in [0.4, 0.5) is 5.69 Å². The summed E-state index contributed by atoms with van der Waals surface area (Å²) in [7, 11) is 1.58. The highest BCUT2D eigenvalue weighted by Gasteiger charge is 2.09. The molecule has 3 rings (SSSR count). The Labute approximate surface area is 133 Å². The fourth-order valence-electron chi connectivity index (χ4n) is 2.17. The molecule has 0 saturated carbocycles. The molecule has 0 unspecified atom stereocenters. The largest absolute Gasteiger partial charge is 0.495 e. The predicted molar refractivity (Wildman–Crippen MR) is 90.7 cm³/mol. The summed E-state index contributed by atoms with van der Waals surface area (Å²) in [6.45, 7) is 0. The molecule has 3 nitrogen and oxygen atoms in total. The first-order valence-electron chi connectivity index (χ1n) is 6.86. The van der Waals surface area contributed by atoms with Crippen molar-refractivity contribution >= 4 is 22.9 Å². The molecule has 0 radical (unpaired) electrons. The molecule has 0 spiro atoms. The molecule has 0 atom stereocenters. The second-order valence-electron chi connectivity index (χ2n) is 4.71. The topological polar surface area (TPSA) is 38.3 Å². The minimum absolute atomic E-state index is 0.151. The van der Waals surface area contributed by atoms with Gasteiger partial charge in [-0.05, 0) is 41.3 Å². The zero-order valence-electron chi connectivity index (χ0n) is 12.1. The van der Waals surface area contributed by atoms with Crippen LogP contribution in [0, 0.1) is 0 Å². The van der Waals surface area contributed by atoms with Crippen molar-refractivity contribution in [1.29, 1.82) is 0 Å². The zero-order valence-corrected chi connectivity index (χ0v) is 12.9. The number of methoxy groups -OCH3 is 1. The van der Waals surface area contributed by atoms with Gasteiger partial charge in [0.15, 0.2) is 0 Å². The van der Waals surface area contributed by atoms with E-state index >= 15 is 0 Å². The summed E-state index contributed by atoms with van der Waals surface area (Å²) in [5.41, 5.74) is 2.40. The van der Waals surface area contributed by atoms with Gasteiger partial charge in [-0.25, -0.2) is 0 Å². The molecule has 2 aromatic carbocycles. The summed E-state index contributed by atoms with van der Waals surface area (Å²) in [6, 6.07) is 19.0. The van der Waals surface area contributed by atoms with E-state index in [0.717, 1.165) is 5.56 Å². The third kappa shape index (κ3) is 3.02. The van der Waals surface area contributed by atoms with Crippen LogP contribution in [0.25, 0.3) is 10.4 Å². The van der Waals surface area contributed by atoms with Crippen LogP contribution < -0.4 is 10.1 Å². The number of nitrogens with one attached hydrogen (secondary N) is 1. The molecule has 1 aromatic heterocycles. The Morgan fingerprint density at radius 3 is 2.45 bits per heavy atom. The predicted octanol–water partition coefficient (Wildman–Crippen LogP) is 4.68. The Kier molecular flexibility index (Phi) is 4.21. The highest BCUT2D eigenvalue weighted by molar-refractivity contribution is 7.13. The van der Waals surface area contributed by atoms with Crippen LogP contribution >= 0.6 is 11.3 Å². The maximum Gasteiger partial charge on any atom is 0.255 e. The monoisotopic (exact) mass is 309 g/mol. The molecule has 1 N–H and O–H groups in total. The van der Waals surface area contributed by atoms with Gasteiger partial charge in [0.25, 0.3) is 5.91 Å². The zero-order chi connectivity index (χ0) is 15.4. The SMILES string of the molecule is COc1ccccc1NC(=O)c1ccc(-c2cccs2)cc1. The van der Waals surface area contributed by atoms with Gasteiger partial charge in [0.1, 0.15) is 5.75 Å². The molecule has 4 heteroatoms. The number of amides is 1. The van der Waals surface area contributed by atoms with E-state index in [1.807, 2.05) is 60.0 Å². The van der Waals surface area contributed by atoms with Gasteiger partial charge in [-0.2, -0.15) is 0 Å². The van der Waals surface area contributed by atoms with Gasteiger partial charge in [-0.3, -0.25) is 4.79 Å². The third-order valence-corrected chi connectivity index (χ3v) is 4.23. The second kappa shape index (κ2) is 6.45. The molecule has 1 heterocycles. The van der Waals surface area contributed by atoms with E-state index in [4.69, 9.17) is 4.74 Å². The van der Waals surface area contributed by atoms with Gasteiger partial charge in [0.2, 0.25) is 0 Å². The molecule has 0 aliphatic rings. The Balaban J connectivity index is 1.78. The van der Waals surface area contributed by atoms with E-state index in [9.17, 15) is 4.79 Å². The van der Waals surface area contributed by atoms with E-state index in [2.05, 4.69) is 11.4 Å².